The zero-order valence-electron chi connectivity index (χ0n) is 50.1. The van der Waals surface area contributed by atoms with Crippen molar-refractivity contribution in [1.82, 2.24) is 20.4 Å². The van der Waals surface area contributed by atoms with Gasteiger partial charge < -0.3 is 49.3 Å². The van der Waals surface area contributed by atoms with Gasteiger partial charge in [0.1, 0.15) is 29.6 Å². The Labute approximate surface area is 514 Å². The van der Waals surface area contributed by atoms with Crippen LogP contribution >= 0.6 is 0 Å². The van der Waals surface area contributed by atoms with E-state index in [0.29, 0.717) is 107 Å². The second-order valence-electron chi connectivity index (χ2n) is 22.2. The number of aliphatic imine (C=N–C) groups is 3. The molecule has 458 valence electrons. The third-order valence-electron chi connectivity index (χ3n) is 15.8. The van der Waals surface area contributed by atoms with E-state index in [4.69, 9.17) is 48.7 Å². The molecule has 0 fully saturated rings. The third kappa shape index (κ3) is 14.0. The third-order valence-corrected chi connectivity index (χ3v) is 15.8. The SMILES string of the molecule is COc1ccc(C2=CN3C(=O)c4cc(OC)c(OCCCOc5cc6c(cc5OC)C(=O)C5N=C(c7ccc(NC(=O)[C@@H](C)NC(=O)[C@H](NC(=O)CCCCCN8C(=O)C=C(Oc9ccc(C#N)cc9)C8=O)C(C)C)cc7)C[C@H]5C=N6)cc4N=C[C@@H]3C2)cc1. The molecule has 5 aromatic carbocycles. The number of methoxy groups -OCH3 is 3. The van der Waals surface area contributed by atoms with Gasteiger partial charge >= 0.3 is 0 Å². The van der Waals surface area contributed by atoms with Gasteiger partial charge in [-0.2, -0.15) is 5.26 Å². The van der Waals surface area contributed by atoms with Crippen LogP contribution in [0.5, 0.6) is 34.5 Å². The summed E-state index contributed by atoms with van der Waals surface area (Å²) in [5.74, 6) is -0.926. The lowest BCUT2D eigenvalue weighted by molar-refractivity contribution is -0.138. The maximum Gasteiger partial charge on any atom is 0.296 e. The largest absolute Gasteiger partial charge is 0.497 e. The molecule has 5 atom stereocenters. The number of benzene rings is 5. The van der Waals surface area contributed by atoms with Crippen molar-refractivity contribution in [2.75, 3.05) is 46.4 Å². The first-order chi connectivity index (χ1) is 43.0. The summed E-state index contributed by atoms with van der Waals surface area (Å²) in [6.45, 7) is 5.72. The number of carbonyl (C=O) groups is 7. The normalized spacial score (nSPS) is 17.8. The van der Waals surface area contributed by atoms with Crippen molar-refractivity contribution in [1.29, 1.82) is 5.26 Å². The van der Waals surface area contributed by atoms with Gasteiger partial charge in [-0.15, -0.1) is 0 Å². The lowest BCUT2D eigenvalue weighted by Gasteiger charge is -2.24. The van der Waals surface area contributed by atoms with Crippen LogP contribution in [0.25, 0.3) is 5.57 Å². The summed E-state index contributed by atoms with van der Waals surface area (Å²) in [6, 6.07) is 26.8. The van der Waals surface area contributed by atoms with E-state index in [-0.39, 0.29) is 67.4 Å². The molecule has 0 aliphatic carbocycles. The number of nitriles is 1. The summed E-state index contributed by atoms with van der Waals surface area (Å²) in [5, 5.41) is 17.3. The Morgan fingerprint density at radius 3 is 2.00 bits per heavy atom. The molecule has 0 bridgehead atoms. The summed E-state index contributed by atoms with van der Waals surface area (Å²) in [5.41, 5.74) is 6.04. The fourth-order valence-electron chi connectivity index (χ4n) is 10.9. The number of amides is 6. The summed E-state index contributed by atoms with van der Waals surface area (Å²) < 4.78 is 34.6. The van der Waals surface area contributed by atoms with E-state index >= 15 is 0 Å². The van der Waals surface area contributed by atoms with Crippen LogP contribution in [0.15, 0.2) is 130 Å². The number of carbonyl (C=O) groups excluding carboxylic acids is 7. The Hall–Kier alpha value is -10.4. The molecule has 3 N–H and O–H groups in total. The minimum absolute atomic E-state index is 0.0982. The molecular weight excluding hydrogens is 1140 g/mol. The second-order valence-corrected chi connectivity index (χ2v) is 22.2. The zero-order valence-corrected chi connectivity index (χ0v) is 50.1. The van der Waals surface area contributed by atoms with E-state index in [0.717, 1.165) is 33.4 Å². The average molecular weight is 1210 g/mol. The first-order valence-electron chi connectivity index (χ1n) is 29.4. The first kappa shape index (κ1) is 61.7. The Kier molecular flexibility index (Phi) is 19.1. The number of hydrogen-bond acceptors (Lipinski definition) is 17. The number of imide groups is 1. The van der Waals surface area contributed by atoms with Crippen LogP contribution in [0.1, 0.15) is 103 Å². The van der Waals surface area contributed by atoms with Gasteiger partial charge in [0.15, 0.2) is 34.5 Å². The number of ketones is 1. The number of Topliss-reactive ketones (excluding diaryl/α,β-unsaturated/α-hetero) is 1. The molecule has 6 amide bonds. The van der Waals surface area contributed by atoms with Crippen LogP contribution in [0.4, 0.5) is 17.1 Å². The molecule has 0 saturated heterocycles. The Balaban J connectivity index is 0.659. The van der Waals surface area contributed by atoms with Crippen molar-refractivity contribution in [2.24, 2.45) is 26.8 Å². The van der Waals surface area contributed by atoms with E-state index < -0.39 is 41.8 Å². The number of anilines is 1. The topological polar surface area (TPSA) is 278 Å². The van der Waals surface area contributed by atoms with Gasteiger partial charge in [-0.3, -0.25) is 53.4 Å². The van der Waals surface area contributed by atoms with Gasteiger partial charge in [-0.1, -0.05) is 44.5 Å². The standard InChI is InChI=1S/C67H67N9O13/c1-38(2)61(74-59(77)11-8-7-9-24-75-60(78)33-58(67(75)83)89-48-20-12-40(34-68)13-21-48)65(81)71-39(3)64(80)72-45-18-14-42(15-19-45)51-28-43-35-69-52-31-56(54(85-5)29-49(52)63(79)62(43)73-51)87-25-10-26-88-57-32-53-50(30-55(57)86-6)66(82)76-37-44(27-46(76)36-70-53)41-16-22-47(84-4)23-17-41/h12-23,29-33,35-39,43,46,61-62H,7-11,24-28H2,1-6H3,(H,71,81)(H,72,80)(H,74,77)/t39-,43+,46+,61-,62?/m1/s1. The van der Waals surface area contributed by atoms with Gasteiger partial charge in [-0.05, 0) is 103 Å². The zero-order chi connectivity index (χ0) is 62.9. The lowest BCUT2D eigenvalue weighted by Crippen LogP contribution is -2.53. The molecule has 89 heavy (non-hydrogen) atoms. The molecule has 10 rings (SSSR count). The van der Waals surface area contributed by atoms with E-state index in [1.165, 1.54) is 26.4 Å². The van der Waals surface area contributed by atoms with Crippen LogP contribution < -0.4 is 44.4 Å². The average Bonchev–Trinajstić information content (AvgIpc) is 1.88. The highest BCUT2D eigenvalue weighted by Gasteiger charge is 2.39. The smallest absolute Gasteiger partial charge is 0.296 e. The number of rotatable bonds is 25. The minimum Gasteiger partial charge on any atom is -0.497 e. The molecule has 0 aromatic heterocycles. The van der Waals surface area contributed by atoms with E-state index in [2.05, 4.69) is 16.0 Å². The first-order valence-corrected chi connectivity index (χ1v) is 29.4. The van der Waals surface area contributed by atoms with Gasteiger partial charge in [0.2, 0.25) is 17.7 Å². The molecule has 5 aliphatic rings. The van der Waals surface area contributed by atoms with E-state index in [1.54, 1.807) is 106 Å². The predicted octanol–water partition coefficient (Wildman–Crippen LogP) is 8.66. The maximum absolute atomic E-state index is 14.2. The van der Waals surface area contributed by atoms with Crippen LogP contribution in [-0.2, 0) is 24.0 Å². The molecule has 22 heteroatoms. The van der Waals surface area contributed by atoms with Crippen molar-refractivity contribution >= 4 is 82.0 Å². The highest BCUT2D eigenvalue weighted by molar-refractivity contribution is 6.16. The minimum atomic E-state index is -0.964. The lowest BCUT2D eigenvalue weighted by atomic mass is 9.92. The Bertz CT molecular complexity index is 3790. The van der Waals surface area contributed by atoms with Crippen LogP contribution in [0.3, 0.4) is 0 Å². The second kappa shape index (κ2) is 27.5. The van der Waals surface area contributed by atoms with E-state index in [9.17, 15) is 33.6 Å². The number of fused-ring (bicyclic) bond motifs is 4. The summed E-state index contributed by atoms with van der Waals surface area (Å²) >= 11 is 0. The predicted molar refractivity (Wildman–Crippen MR) is 331 cm³/mol. The van der Waals surface area contributed by atoms with Gasteiger partial charge in [0.05, 0.1) is 75.2 Å². The van der Waals surface area contributed by atoms with Crippen LogP contribution in [-0.4, -0.2) is 134 Å². The molecular formula is C67H67N9O13. The van der Waals surface area contributed by atoms with Crippen LogP contribution in [0, 0.1) is 23.2 Å². The van der Waals surface area contributed by atoms with Crippen molar-refractivity contribution in [2.45, 2.75) is 89.9 Å². The fourth-order valence-corrected chi connectivity index (χ4v) is 10.9. The Morgan fingerprint density at radius 1 is 0.685 bits per heavy atom. The summed E-state index contributed by atoms with van der Waals surface area (Å²) in [7, 11) is 4.64. The number of nitrogens with one attached hydrogen (secondary N) is 3. The summed E-state index contributed by atoms with van der Waals surface area (Å²) in [6.07, 6.45) is 9.56. The van der Waals surface area contributed by atoms with Crippen molar-refractivity contribution < 1.29 is 62.0 Å². The molecule has 0 spiro atoms. The number of unbranched alkanes of at least 4 members (excludes halogenated alkanes) is 2. The number of hydrogen-bond donors (Lipinski definition) is 3. The van der Waals surface area contributed by atoms with Gasteiger partial charge in [0, 0.05) is 85.9 Å². The van der Waals surface area contributed by atoms with Crippen LogP contribution in [0.2, 0.25) is 0 Å². The highest BCUT2D eigenvalue weighted by atomic mass is 16.5. The molecule has 22 nitrogen and oxygen atoms in total. The number of nitrogens with zero attached hydrogens (tertiary/aromatic N) is 6. The molecule has 5 aromatic rings. The molecule has 0 saturated carbocycles. The molecule has 1 unspecified atom stereocenters. The van der Waals surface area contributed by atoms with Crippen molar-refractivity contribution in [3.05, 3.63) is 143 Å². The fraction of sp³-hybridized carbons (Fsp3) is 0.328. The molecule has 0 radical (unpaired) electrons. The summed E-state index contributed by atoms with van der Waals surface area (Å²) in [4.78, 5) is 110. The van der Waals surface area contributed by atoms with Crippen molar-refractivity contribution in [3.63, 3.8) is 0 Å². The van der Waals surface area contributed by atoms with Gasteiger partial charge in [-0.25, -0.2) is 0 Å². The highest BCUT2D eigenvalue weighted by Crippen LogP contribution is 2.42. The van der Waals surface area contributed by atoms with E-state index in [1.807, 2.05) is 36.5 Å². The monoisotopic (exact) mass is 1210 g/mol. The van der Waals surface area contributed by atoms with Crippen molar-refractivity contribution in [3.8, 4) is 40.6 Å². The molecule has 5 heterocycles. The quantitative estimate of drug-likeness (QED) is 0.0364. The maximum atomic E-state index is 14.2. The van der Waals surface area contributed by atoms with Gasteiger partial charge in [0.25, 0.3) is 17.7 Å². The number of ether oxygens (including phenoxy) is 6. The molecule has 5 aliphatic heterocycles. The Morgan fingerprint density at radius 2 is 1.34 bits per heavy atom.